The van der Waals surface area contributed by atoms with E-state index < -0.39 is 0 Å². The fourth-order valence-corrected chi connectivity index (χ4v) is 4.32. The molecule has 1 N–H and O–H groups in total. The molecule has 0 saturated carbocycles. The largest absolute Gasteiger partial charge is 0.467 e. The van der Waals surface area contributed by atoms with E-state index in [4.69, 9.17) is 9.47 Å². The molecule has 0 amide bonds. The molecule has 0 unspecified atom stereocenters. The predicted molar refractivity (Wildman–Crippen MR) is 121 cm³/mol. The summed E-state index contributed by atoms with van der Waals surface area (Å²) in [6, 6.07) is 9.54. The monoisotopic (exact) mass is 426 g/mol. The summed E-state index contributed by atoms with van der Waals surface area (Å²) in [5.41, 5.74) is 5.63. The second kappa shape index (κ2) is 9.56. The summed E-state index contributed by atoms with van der Waals surface area (Å²) < 4.78 is 24.8. The van der Waals surface area contributed by atoms with Gasteiger partial charge in [-0.25, -0.2) is 4.39 Å². The van der Waals surface area contributed by atoms with Crippen molar-refractivity contribution in [3.05, 3.63) is 58.4 Å². The molecule has 0 radical (unpaired) electrons. The number of hydrogen-bond donors (Lipinski definition) is 1. The van der Waals surface area contributed by atoms with Crippen LogP contribution in [0.3, 0.4) is 0 Å². The topological polar surface area (TPSA) is 49.3 Å². The Labute approximate surface area is 183 Å². The van der Waals surface area contributed by atoms with E-state index in [0.717, 1.165) is 49.0 Å². The first-order valence-electron chi connectivity index (χ1n) is 10.9. The summed E-state index contributed by atoms with van der Waals surface area (Å²) in [5, 5.41) is 3.44. The van der Waals surface area contributed by atoms with Crippen molar-refractivity contribution in [2.24, 2.45) is 4.99 Å². The molecule has 2 heterocycles. The standard InChI is InChI=1S/C24H31FN4O2/c1-17-5-4-6-22(18(17)2)28-9-11-29(12-10-28)24(26-3)27-8-7-19-13-21(25)14-20-15-30-16-31-23(19)20/h4-6,13-14H,7-12,15-16H2,1-3H3,(H,26,27). The SMILES string of the molecule is CN=C(NCCc1cc(F)cc2c1OCOC2)N1CCN(c2cccc(C)c2C)CC1. The van der Waals surface area contributed by atoms with Crippen LogP contribution in [0, 0.1) is 19.7 Å². The number of aryl methyl sites for hydroxylation is 1. The minimum Gasteiger partial charge on any atom is -0.467 e. The second-order valence-corrected chi connectivity index (χ2v) is 8.08. The molecule has 2 aromatic carbocycles. The van der Waals surface area contributed by atoms with Crippen LogP contribution in [0.25, 0.3) is 0 Å². The molecule has 2 aromatic rings. The van der Waals surface area contributed by atoms with Crippen LogP contribution in [0.4, 0.5) is 10.1 Å². The Balaban J connectivity index is 1.33. The van der Waals surface area contributed by atoms with Crippen LogP contribution >= 0.6 is 0 Å². The highest BCUT2D eigenvalue weighted by Gasteiger charge is 2.21. The molecule has 7 heteroatoms. The van der Waals surface area contributed by atoms with Crippen LogP contribution in [0.15, 0.2) is 35.3 Å². The van der Waals surface area contributed by atoms with E-state index in [0.29, 0.717) is 19.6 Å². The van der Waals surface area contributed by atoms with Gasteiger partial charge in [-0.2, -0.15) is 0 Å². The number of rotatable bonds is 4. The normalized spacial score (nSPS) is 16.7. The van der Waals surface area contributed by atoms with Gasteiger partial charge in [-0.1, -0.05) is 12.1 Å². The molecule has 6 nitrogen and oxygen atoms in total. The summed E-state index contributed by atoms with van der Waals surface area (Å²) in [5.74, 6) is 1.39. The summed E-state index contributed by atoms with van der Waals surface area (Å²) in [7, 11) is 1.81. The Hall–Kier alpha value is -2.80. The molecule has 0 atom stereocenters. The Morgan fingerprint density at radius 2 is 1.97 bits per heavy atom. The maximum atomic E-state index is 14.0. The number of fused-ring (bicyclic) bond motifs is 1. The summed E-state index contributed by atoms with van der Waals surface area (Å²) in [6.45, 7) is 9.33. The molecular formula is C24H31FN4O2. The maximum Gasteiger partial charge on any atom is 0.193 e. The zero-order valence-electron chi connectivity index (χ0n) is 18.6. The van der Waals surface area contributed by atoms with E-state index >= 15 is 0 Å². The molecule has 4 rings (SSSR count). The third-order valence-electron chi connectivity index (χ3n) is 6.14. The second-order valence-electron chi connectivity index (χ2n) is 8.08. The van der Waals surface area contributed by atoms with E-state index in [1.54, 1.807) is 6.07 Å². The van der Waals surface area contributed by atoms with Crippen LogP contribution < -0.4 is 15.0 Å². The molecule has 0 spiro atoms. The number of anilines is 1. The number of hydrogen-bond acceptors (Lipinski definition) is 4. The number of piperazine rings is 1. The lowest BCUT2D eigenvalue weighted by Crippen LogP contribution is -2.53. The highest BCUT2D eigenvalue weighted by Crippen LogP contribution is 2.29. The smallest absolute Gasteiger partial charge is 0.193 e. The van der Waals surface area contributed by atoms with Gasteiger partial charge >= 0.3 is 0 Å². The van der Waals surface area contributed by atoms with Gasteiger partial charge in [0.1, 0.15) is 11.6 Å². The Bertz CT molecular complexity index is 955. The molecule has 0 bridgehead atoms. The van der Waals surface area contributed by atoms with Gasteiger partial charge in [0.25, 0.3) is 0 Å². The lowest BCUT2D eigenvalue weighted by atomic mass is 10.1. The van der Waals surface area contributed by atoms with Gasteiger partial charge in [0.15, 0.2) is 12.8 Å². The van der Waals surface area contributed by atoms with Crippen molar-refractivity contribution in [2.45, 2.75) is 26.9 Å². The average Bonchev–Trinajstić information content (AvgIpc) is 2.78. The first kappa shape index (κ1) is 21.4. The van der Waals surface area contributed by atoms with Crippen LogP contribution in [-0.2, 0) is 17.8 Å². The molecule has 166 valence electrons. The summed E-state index contributed by atoms with van der Waals surface area (Å²) in [6.07, 6.45) is 0.654. The minimum absolute atomic E-state index is 0.214. The molecule has 31 heavy (non-hydrogen) atoms. The van der Waals surface area contributed by atoms with Gasteiger partial charge in [-0.05, 0) is 55.2 Å². The van der Waals surface area contributed by atoms with Gasteiger partial charge < -0.3 is 24.6 Å². The van der Waals surface area contributed by atoms with Crippen molar-refractivity contribution >= 4 is 11.6 Å². The number of aliphatic imine (C=N–C) groups is 1. The third kappa shape index (κ3) is 4.77. The number of halogens is 1. The lowest BCUT2D eigenvalue weighted by molar-refractivity contribution is -0.0172. The first-order valence-corrected chi connectivity index (χ1v) is 10.9. The maximum absolute atomic E-state index is 14.0. The van der Waals surface area contributed by atoms with Crippen molar-refractivity contribution in [1.29, 1.82) is 0 Å². The van der Waals surface area contributed by atoms with Gasteiger partial charge in [0, 0.05) is 51.0 Å². The molecule has 1 saturated heterocycles. The molecule has 0 aliphatic carbocycles. The summed E-state index contributed by atoms with van der Waals surface area (Å²) >= 11 is 0. The molecule has 0 aromatic heterocycles. The fraction of sp³-hybridized carbons (Fsp3) is 0.458. The zero-order chi connectivity index (χ0) is 21.8. The molecule has 2 aliphatic rings. The van der Waals surface area contributed by atoms with Gasteiger partial charge in [0.2, 0.25) is 0 Å². The van der Waals surface area contributed by atoms with Gasteiger partial charge in [0.05, 0.1) is 6.61 Å². The van der Waals surface area contributed by atoms with E-state index in [1.807, 2.05) is 7.05 Å². The molecule has 2 aliphatic heterocycles. The van der Waals surface area contributed by atoms with Crippen LogP contribution in [-0.4, -0.2) is 57.4 Å². The van der Waals surface area contributed by atoms with Crippen molar-refractivity contribution in [2.75, 3.05) is 51.5 Å². The highest BCUT2D eigenvalue weighted by molar-refractivity contribution is 5.80. The van der Waals surface area contributed by atoms with Crippen LogP contribution in [0.1, 0.15) is 22.3 Å². The number of nitrogens with one attached hydrogen (secondary N) is 1. The highest BCUT2D eigenvalue weighted by atomic mass is 19.1. The fourth-order valence-electron chi connectivity index (χ4n) is 4.32. The lowest BCUT2D eigenvalue weighted by Gasteiger charge is -2.38. The van der Waals surface area contributed by atoms with Crippen molar-refractivity contribution in [1.82, 2.24) is 10.2 Å². The quantitative estimate of drug-likeness (QED) is 0.601. The van der Waals surface area contributed by atoms with Crippen LogP contribution in [0.5, 0.6) is 5.75 Å². The van der Waals surface area contributed by atoms with Crippen molar-refractivity contribution < 1.29 is 13.9 Å². The first-order chi connectivity index (χ1) is 15.1. The number of guanidine groups is 1. The third-order valence-corrected chi connectivity index (χ3v) is 6.14. The number of nitrogens with zero attached hydrogens (tertiary/aromatic N) is 3. The van der Waals surface area contributed by atoms with Crippen LogP contribution in [0.2, 0.25) is 0 Å². The van der Waals surface area contributed by atoms with Gasteiger partial charge in [-0.3, -0.25) is 4.99 Å². The Morgan fingerprint density at radius 3 is 2.74 bits per heavy atom. The van der Waals surface area contributed by atoms with Crippen molar-refractivity contribution in [3.8, 4) is 5.75 Å². The average molecular weight is 427 g/mol. The van der Waals surface area contributed by atoms with E-state index in [1.165, 1.54) is 22.9 Å². The zero-order valence-corrected chi connectivity index (χ0v) is 18.6. The number of ether oxygens (including phenoxy) is 2. The van der Waals surface area contributed by atoms with Crippen molar-refractivity contribution in [3.63, 3.8) is 0 Å². The Kier molecular flexibility index (Phi) is 6.61. The predicted octanol–water partition coefficient (Wildman–Crippen LogP) is 3.25. The molecular weight excluding hydrogens is 395 g/mol. The minimum atomic E-state index is -0.255. The molecule has 1 fully saturated rings. The number of benzene rings is 2. The summed E-state index contributed by atoms with van der Waals surface area (Å²) in [4.78, 5) is 9.20. The van der Waals surface area contributed by atoms with E-state index in [9.17, 15) is 4.39 Å². The Morgan fingerprint density at radius 1 is 1.16 bits per heavy atom. The van der Waals surface area contributed by atoms with E-state index in [-0.39, 0.29) is 12.6 Å². The van der Waals surface area contributed by atoms with Gasteiger partial charge in [-0.15, -0.1) is 0 Å². The van der Waals surface area contributed by atoms with E-state index in [2.05, 4.69) is 52.2 Å².